The highest BCUT2D eigenvalue weighted by Gasteiger charge is 2.37. The predicted molar refractivity (Wildman–Crippen MR) is 126 cm³/mol. The number of aliphatic hydroxyl groups is 1. The van der Waals surface area contributed by atoms with Gasteiger partial charge in [0, 0.05) is 31.0 Å². The molecule has 174 valence electrons. The molecule has 1 amide bonds. The maximum atomic E-state index is 13.3. The standard InChI is InChI=1S/C26H25FN4O3/c27-20-5-3-4-18(12-20)14-29-26(33)34-25-21(28-15-23(25)32)13-17-7-9-19(10-8-17)22-16-31-11-2-1-6-24(31)30-22/h1-12,16,21,23,25,28,32H,13-15H2,(H,29,33)/t21-,23+,25+/m1/s1. The molecule has 3 atom stereocenters. The first-order chi connectivity index (χ1) is 16.5. The third-order valence-corrected chi connectivity index (χ3v) is 6.00. The fourth-order valence-electron chi connectivity index (χ4n) is 4.25. The summed E-state index contributed by atoms with van der Waals surface area (Å²) in [5.41, 5.74) is 4.47. The number of nitrogens with one attached hydrogen (secondary N) is 2. The van der Waals surface area contributed by atoms with Crippen molar-refractivity contribution >= 4 is 11.7 Å². The summed E-state index contributed by atoms with van der Waals surface area (Å²) in [7, 11) is 0. The summed E-state index contributed by atoms with van der Waals surface area (Å²) >= 11 is 0. The van der Waals surface area contributed by atoms with E-state index in [0.29, 0.717) is 18.5 Å². The van der Waals surface area contributed by atoms with E-state index in [1.54, 1.807) is 12.1 Å². The molecule has 8 heteroatoms. The number of amides is 1. The second kappa shape index (κ2) is 9.62. The van der Waals surface area contributed by atoms with Gasteiger partial charge < -0.3 is 24.9 Å². The summed E-state index contributed by atoms with van der Waals surface area (Å²) in [5.74, 6) is -0.365. The van der Waals surface area contributed by atoms with Gasteiger partial charge in [0.05, 0.1) is 11.7 Å². The van der Waals surface area contributed by atoms with Crippen molar-refractivity contribution in [2.75, 3.05) is 6.54 Å². The lowest BCUT2D eigenvalue weighted by Crippen LogP contribution is -2.41. The molecule has 1 aliphatic heterocycles. The molecule has 0 unspecified atom stereocenters. The van der Waals surface area contributed by atoms with Crippen LogP contribution in [0.1, 0.15) is 11.1 Å². The molecule has 0 aliphatic carbocycles. The molecule has 3 heterocycles. The number of aliphatic hydroxyl groups excluding tert-OH is 1. The summed E-state index contributed by atoms with van der Waals surface area (Å²) in [4.78, 5) is 16.9. The number of carbonyl (C=O) groups is 1. The summed E-state index contributed by atoms with van der Waals surface area (Å²) in [5, 5.41) is 16.2. The number of aromatic nitrogens is 2. The molecule has 7 nitrogen and oxygen atoms in total. The van der Waals surface area contributed by atoms with Crippen molar-refractivity contribution in [2.24, 2.45) is 0 Å². The topological polar surface area (TPSA) is 87.9 Å². The third-order valence-electron chi connectivity index (χ3n) is 6.00. The van der Waals surface area contributed by atoms with Crippen molar-refractivity contribution in [1.82, 2.24) is 20.0 Å². The van der Waals surface area contributed by atoms with Gasteiger partial charge in [0.15, 0.2) is 0 Å². The van der Waals surface area contributed by atoms with Gasteiger partial charge in [0.1, 0.15) is 23.7 Å². The normalized spacial score (nSPS) is 19.9. The van der Waals surface area contributed by atoms with Gasteiger partial charge in [0.2, 0.25) is 0 Å². The minimum absolute atomic E-state index is 0.141. The van der Waals surface area contributed by atoms with Crippen molar-refractivity contribution in [3.8, 4) is 11.3 Å². The van der Waals surface area contributed by atoms with Crippen LogP contribution in [-0.2, 0) is 17.7 Å². The summed E-state index contributed by atoms with van der Waals surface area (Å²) in [6.45, 7) is 0.480. The van der Waals surface area contributed by atoms with E-state index in [0.717, 1.165) is 22.5 Å². The number of carbonyl (C=O) groups excluding carboxylic acids is 1. The Bertz CT molecular complexity index is 1260. The van der Waals surface area contributed by atoms with Crippen LogP contribution in [0.4, 0.5) is 9.18 Å². The Hall–Kier alpha value is -3.75. The fraction of sp³-hybridized carbons (Fsp3) is 0.231. The lowest BCUT2D eigenvalue weighted by Gasteiger charge is -2.22. The minimum atomic E-state index is -0.804. The lowest BCUT2D eigenvalue weighted by molar-refractivity contribution is 0.0188. The largest absolute Gasteiger partial charge is 0.442 e. The van der Waals surface area contributed by atoms with Crippen LogP contribution in [0.3, 0.4) is 0 Å². The maximum Gasteiger partial charge on any atom is 0.407 e. The van der Waals surface area contributed by atoms with Crippen LogP contribution < -0.4 is 10.6 Å². The Morgan fingerprint density at radius 1 is 1.15 bits per heavy atom. The molecule has 0 radical (unpaired) electrons. The first kappa shape index (κ1) is 22.1. The number of ether oxygens (including phenoxy) is 1. The SMILES string of the molecule is O=C(NCc1cccc(F)c1)O[C@@H]1[C@@H](O)CN[C@@H]1Cc1ccc(-c2cn3ccccc3n2)cc1. The molecule has 2 aromatic carbocycles. The molecule has 34 heavy (non-hydrogen) atoms. The Balaban J connectivity index is 1.20. The van der Waals surface area contributed by atoms with Crippen molar-refractivity contribution < 1.29 is 19.0 Å². The average Bonchev–Trinajstić information content (AvgIpc) is 3.42. The first-order valence-corrected chi connectivity index (χ1v) is 11.2. The number of imidazole rings is 1. The number of rotatable bonds is 6. The monoisotopic (exact) mass is 460 g/mol. The van der Waals surface area contributed by atoms with E-state index in [2.05, 4.69) is 15.6 Å². The van der Waals surface area contributed by atoms with Crippen LogP contribution in [-0.4, -0.2) is 45.4 Å². The van der Waals surface area contributed by atoms with Crippen LogP contribution in [0.15, 0.2) is 79.1 Å². The number of β-amino-alcohol motifs (C(OH)–C–C–N with tert-alkyl or cyclic N) is 1. The van der Waals surface area contributed by atoms with Crippen LogP contribution in [0.2, 0.25) is 0 Å². The van der Waals surface area contributed by atoms with Gasteiger partial charge in [-0.3, -0.25) is 0 Å². The van der Waals surface area contributed by atoms with Gasteiger partial charge >= 0.3 is 6.09 Å². The number of alkyl carbamates (subject to hydrolysis) is 1. The molecule has 1 saturated heterocycles. The highest BCUT2D eigenvalue weighted by atomic mass is 19.1. The van der Waals surface area contributed by atoms with E-state index in [-0.39, 0.29) is 18.4 Å². The number of hydrogen-bond donors (Lipinski definition) is 3. The zero-order chi connectivity index (χ0) is 23.5. The molecular formula is C26H25FN4O3. The van der Waals surface area contributed by atoms with Crippen LogP contribution in [0.5, 0.6) is 0 Å². The maximum absolute atomic E-state index is 13.3. The first-order valence-electron chi connectivity index (χ1n) is 11.2. The molecular weight excluding hydrogens is 435 g/mol. The molecule has 2 aromatic heterocycles. The van der Waals surface area contributed by atoms with Crippen LogP contribution in [0, 0.1) is 5.82 Å². The Morgan fingerprint density at radius 3 is 2.79 bits per heavy atom. The molecule has 1 aliphatic rings. The smallest absolute Gasteiger partial charge is 0.407 e. The second-order valence-corrected chi connectivity index (χ2v) is 8.43. The van der Waals surface area contributed by atoms with E-state index >= 15 is 0 Å². The van der Waals surface area contributed by atoms with Crippen molar-refractivity contribution in [3.63, 3.8) is 0 Å². The number of pyridine rings is 1. The summed E-state index contributed by atoms with van der Waals surface area (Å²) < 4.78 is 20.8. The second-order valence-electron chi connectivity index (χ2n) is 8.43. The molecule has 0 spiro atoms. The number of fused-ring (bicyclic) bond motifs is 1. The molecule has 4 aromatic rings. The van der Waals surface area contributed by atoms with E-state index < -0.39 is 18.3 Å². The summed E-state index contributed by atoms with van der Waals surface area (Å²) in [6.07, 6.45) is 2.40. The van der Waals surface area contributed by atoms with Crippen molar-refractivity contribution in [3.05, 3.63) is 96.1 Å². The Kier molecular flexibility index (Phi) is 6.24. The highest BCUT2D eigenvalue weighted by molar-refractivity contribution is 5.67. The number of benzene rings is 2. The summed E-state index contributed by atoms with van der Waals surface area (Å²) in [6, 6.07) is 19.7. The third kappa shape index (κ3) is 4.93. The van der Waals surface area contributed by atoms with Gasteiger partial charge in [-0.1, -0.05) is 42.5 Å². The van der Waals surface area contributed by atoms with Gasteiger partial charge in [0.25, 0.3) is 0 Å². The van der Waals surface area contributed by atoms with E-state index in [1.165, 1.54) is 12.1 Å². The molecule has 0 saturated carbocycles. The number of hydrogen-bond acceptors (Lipinski definition) is 5. The zero-order valence-electron chi connectivity index (χ0n) is 18.4. The Morgan fingerprint density at radius 2 is 2.00 bits per heavy atom. The van der Waals surface area contributed by atoms with Crippen molar-refractivity contribution in [2.45, 2.75) is 31.2 Å². The van der Waals surface area contributed by atoms with Crippen LogP contribution in [0.25, 0.3) is 16.9 Å². The quantitative estimate of drug-likeness (QED) is 0.411. The van der Waals surface area contributed by atoms with Crippen molar-refractivity contribution in [1.29, 1.82) is 0 Å². The van der Waals surface area contributed by atoms with E-state index in [4.69, 9.17) is 4.74 Å². The van der Waals surface area contributed by atoms with Gasteiger partial charge in [-0.25, -0.2) is 14.2 Å². The highest BCUT2D eigenvalue weighted by Crippen LogP contribution is 2.22. The predicted octanol–water partition coefficient (Wildman–Crippen LogP) is 3.31. The Labute approximate surface area is 196 Å². The number of halogens is 1. The van der Waals surface area contributed by atoms with Gasteiger partial charge in [-0.2, -0.15) is 0 Å². The zero-order valence-corrected chi connectivity index (χ0v) is 18.4. The van der Waals surface area contributed by atoms with E-state index in [1.807, 2.05) is 59.3 Å². The molecule has 0 bridgehead atoms. The molecule has 5 rings (SSSR count). The molecule has 3 N–H and O–H groups in total. The number of nitrogens with zero attached hydrogens (tertiary/aromatic N) is 2. The lowest BCUT2D eigenvalue weighted by atomic mass is 10.00. The average molecular weight is 461 g/mol. The van der Waals surface area contributed by atoms with Gasteiger partial charge in [-0.05, 0) is 41.8 Å². The molecule has 1 fully saturated rings. The fourth-order valence-corrected chi connectivity index (χ4v) is 4.25. The van der Waals surface area contributed by atoms with E-state index in [9.17, 15) is 14.3 Å². The van der Waals surface area contributed by atoms with Gasteiger partial charge in [-0.15, -0.1) is 0 Å². The van der Waals surface area contributed by atoms with Crippen LogP contribution >= 0.6 is 0 Å². The minimum Gasteiger partial charge on any atom is -0.442 e.